The number of halogens is 1. The van der Waals surface area contributed by atoms with Crippen molar-refractivity contribution in [2.75, 3.05) is 43.5 Å². The summed E-state index contributed by atoms with van der Waals surface area (Å²) in [7, 11) is 0. The van der Waals surface area contributed by atoms with E-state index in [4.69, 9.17) is 27.5 Å². The van der Waals surface area contributed by atoms with E-state index >= 15 is 0 Å². The predicted molar refractivity (Wildman–Crippen MR) is 177 cm³/mol. The summed E-state index contributed by atoms with van der Waals surface area (Å²) in [4.78, 5) is 60.3. The van der Waals surface area contributed by atoms with Crippen molar-refractivity contribution in [1.82, 2.24) is 10.6 Å². The average molecular weight is 709 g/mol. The minimum absolute atomic E-state index is 0.0649. The van der Waals surface area contributed by atoms with E-state index in [-0.39, 0.29) is 30.9 Å². The first-order valence-corrected chi connectivity index (χ1v) is 16.0. The largest absolute Gasteiger partial charge is 0.477 e. The van der Waals surface area contributed by atoms with Gasteiger partial charge in [-0.15, -0.1) is 6.42 Å². The number of hydrogen-bond acceptors (Lipinski definition) is 13. The standard InChI is InChI=1S/C32H41ClN4O12/c1-2-11-34-25-26(29(45)28(25)44)35-12-5-3-4-6-13-48-32(31(46)47)15-20(39)24(37-23(42)17-38)30(49-32)27(43)21(40)16-36-22(41)14-18-7-9-19(33)10-8-18/h1,7-10,20-21,24,27,30,34-35,38-40,43H,3-6,11-17H2,(H,36,41)(H,37,42)(H,46,47)/t20-,21+,24+,27+,30+,32+/m0/s1. The van der Waals surface area contributed by atoms with Gasteiger partial charge in [0.25, 0.3) is 16.6 Å². The lowest BCUT2D eigenvalue weighted by Gasteiger charge is -2.46. The number of hydrogen-bond donors (Lipinski definition) is 9. The Morgan fingerprint density at radius 1 is 1.04 bits per heavy atom. The first-order chi connectivity index (χ1) is 23.3. The second-order valence-electron chi connectivity index (χ2n) is 11.5. The summed E-state index contributed by atoms with van der Waals surface area (Å²) in [6.45, 7) is -1.15. The number of aliphatic hydroxyl groups is 4. The number of ether oxygens (including phenoxy) is 2. The Kier molecular flexibility index (Phi) is 15.0. The normalized spacial score (nSPS) is 21.7. The molecule has 1 fully saturated rings. The third-order valence-corrected chi connectivity index (χ3v) is 8.12. The number of carbonyl (C=O) groups is 3. The first-order valence-electron chi connectivity index (χ1n) is 15.6. The second-order valence-corrected chi connectivity index (χ2v) is 11.9. The van der Waals surface area contributed by atoms with Gasteiger partial charge in [0.05, 0.1) is 37.8 Å². The van der Waals surface area contributed by atoms with Crippen LogP contribution >= 0.6 is 11.6 Å². The van der Waals surface area contributed by atoms with Gasteiger partial charge in [0.15, 0.2) is 0 Å². The molecule has 0 aliphatic carbocycles. The van der Waals surface area contributed by atoms with E-state index in [1.54, 1.807) is 24.3 Å². The van der Waals surface area contributed by atoms with E-state index in [0.717, 1.165) is 0 Å². The number of benzene rings is 1. The van der Waals surface area contributed by atoms with Crippen molar-refractivity contribution in [2.45, 2.75) is 74.8 Å². The Morgan fingerprint density at radius 2 is 1.69 bits per heavy atom. The Morgan fingerprint density at radius 3 is 2.33 bits per heavy atom. The van der Waals surface area contributed by atoms with Crippen LogP contribution in [0.5, 0.6) is 0 Å². The molecular weight excluding hydrogens is 668 g/mol. The Hall–Kier alpha value is -4.08. The summed E-state index contributed by atoms with van der Waals surface area (Å²) < 4.78 is 11.3. The smallest absolute Gasteiger partial charge is 0.364 e. The third-order valence-electron chi connectivity index (χ3n) is 7.87. The number of aliphatic carboxylic acids is 1. The number of carboxylic acid groups (broad SMARTS) is 1. The van der Waals surface area contributed by atoms with Crippen LogP contribution in [0.15, 0.2) is 33.9 Å². The summed E-state index contributed by atoms with van der Waals surface area (Å²) in [5.74, 6) is -3.25. The van der Waals surface area contributed by atoms with E-state index in [9.17, 15) is 49.5 Å². The molecule has 17 heteroatoms. The molecule has 1 saturated heterocycles. The first kappa shape index (κ1) is 39.4. The number of terminal acetylenes is 1. The van der Waals surface area contributed by atoms with Crippen LogP contribution in [0.25, 0.3) is 0 Å². The molecule has 0 unspecified atom stereocenters. The van der Waals surface area contributed by atoms with Gasteiger partial charge in [0.1, 0.15) is 30.2 Å². The van der Waals surface area contributed by atoms with Crippen molar-refractivity contribution in [2.24, 2.45) is 0 Å². The van der Waals surface area contributed by atoms with E-state index in [2.05, 4.69) is 27.2 Å². The number of unbranched alkanes of at least 4 members (excludes halogenated alkanes) is 3. The molecule has 1 aliphatic rings. The fourth-order valence-corrected chi connectivity index (χ4v) is 5.38. The van der Waals surface area contributed by atoms with Gasteiger partial charge in [-0.1, -0.05) is 42.5 Å². The van der Waals surface area contributed by atoms with Crippen LogP contribution in [0, 0.1) is 12.3 Å². The number of carboxylic acids is 1. The van der Waals surface area contributed by atoms with Crippen LogP contribution in [0.1, 0.15) is 37.7 Å². The molecule has 9 N–H and O–H groups in total. The highest BCUT2D eigenvalue weighted by Gasteiger charge is 2.55. The molecule has 3 rings (SSSR count). The van der Waals surface area contributed by atoms with Crippen molar-refractivity contribution >= 4 is 40.8 Å². The summed E-state index contributed by atoms with van der Waals surface area (Å²) in [6.07, 6.45) is -0.520. The van der Waals surface area contributed by atoms with Gasteiger partial charge in [-0.3, -0.25) is 19.2 Å². The van der Waals surface area contributed by atoms with Crippen molar-refractivity contribution in [1.29, 1.82) is 0 Å². The number of rotatable bonds is 20. The molecular formula is C32H41ClN4O12. The third kappa shape index (κ3) is 10.7. The molecule has 49 heavy (non-hydrogen) atoms. The van der Waals surface area contributed by atoms with Gasteiger partial charge in [-0.2, -0.15) is 0 Å². The van der Waals surface area contributed by atoms with E-state index < -0.39 is 84.5 Å². The van der Waals surface area contributed by atoms with Crippen molar-refractivity contribution in [3.63, 3.8) is 0 Å². The topological polar surface area (TPSA) is 253 Å². The van der Waals surface area contributed by atoms with Crippen LogP contribution in [0.3, 0.4) is 0 Å². The number of amides is 2. The Balaban J connectivity index is 1.56. The maximum Gasteiger partial charge on any atom is 0.364 e. The quantitative estimate of drug-likeness (QED) is 0.0430. The highest BCUT2D eigenvalue weighted by Crippen LogP contribution is 2.34. The number of carbonyl (C=O) groups excluding carboxylic acids is 2. The molecule has 0 saturated carbocycles. The molecule has 6 atom stereocenters. The van der Waals surface area contributed by atoms with E-state index in [1.807, 2.05) is 0 Å². The summed E-state index contributed by atoms with van der Waals surface area (Å²) in [5, 5.41) is 62.8. The molecule has 2 aromatic rings. The predicted octanol–water partition coefficient (Wildman–Crippen LogP) is -1.54. The molecule has 2 aromatic carbocycles. The Labute approximate surface area is 286 Å². The maximum atomic E-state index is 12.4. The monoisotopic (exact) mass is 708 g/mol. The van der Waals surface area contributed by atoms with Crippen LogP contribution in [-0.4, -0.2) is 112 Å². The lowest BCUT2D eigenvalue weighted by atomic mass is 9.88. The molecule has 0 bridgehead atoms. The minimum Gasteiger partial charge on any atom is -0.477 e. The molecule has 1 heterocycles. The minimum atomic E-state index is -2.48. The van der Waals surface area contributed by atoms with Crippen LogP contribution in [-0.2, 0) is 30.3 Å². The van der Waals surface area contributed by atoms with Gasteiger partial charge < -0.3 is 56.3 Å². The number of anilines is 2. The highest BCUT2D eigenvalue weighted by molar-refractivity contribution is 6.30. The van der Waals surface area contributed by atoms with E-state index in [0.29, 0.717) is 42.8 Å². The lowest BCUT2D eigenvalue weighted by Crippen LogP contribution is -2.68. The van der Waals surface area contributed by atoms with Crippen LogP contribution < -0.4 is 32.1 Å². The van der Waals surface area contributed by atoms with Gasteiger partial charge in [0, 0.05) is 24.5 Å². The lowest BCUT2D eigenvalue weighted by molar-refractivity contribution is -0.310. The fraction of sp³-hybridized carbons (Fsp3) is 0.531. The SMILES string of the molecule is C#CCNc1c(NCCCCCCO[C@]2(C(=O)O)C[C@H](O)[C@@H](NC(=O)CO)[C@H]([C@H](O)[C@H](O)CNC(=O)Cc3ccc(Cl)cc3)O2)c(=O)c1=O. The number of aliphatic hydroxyl groups excluding tert-OH is 4. The molecule has 1 aliphatic heterocycles. The van der Waals surface area contributed by atoms with Crippen LogP contribution in [0.4, 0.5) is 11.4 Å². The molecule has 268 valence electrons. The van der Waals surface area contributed by atoms with Crippen molar-refractivity contribution in [3.05, 3.63) is 55.3 Å². The summed E-state index contributed by atoms with van der Waals surface area (Å²) >= 11 is 5.85. The zero-order valence-electron chi connectivity index (χ0n) is 26.5. The zero-order valence-corrected chi connectivity index (χ0v) is 27.3. The van der Waals surface area contributed by atoms with Crippen molar-refractivity contribution < 1.29 is 49.4 Å². The van der Waals surface area contributed by atoms with Gasteiger partial charge >= 0.3 is 5.97 Å². The molecule has 0 spiro atoms. The summed E-state index contributed by atoms with van der Waals surface area (Å²) in [6, 6.07) is 5.02. The number of nitrogens with one attached hydrogen (secondary N) is 4. The van der Waals surface area contributed by atoms with Crippen molar-refractivity contribution in [3.8, 4) is 12.3 Å². The maximum absolute atomic E-state index is 12.4. The van der Waals surface area contributed by atoms with Gasteiger partial charge in [-0.05, 0) is 30.5 Å². The fourth-order valence-electron chi connectivity index (χ4n) is 5.25. The Bertz CT molecular complexity index is 1540. The van der Waals surface area contributed by atoms with E-state index in [1.165, 1.54) is 0 Å². The zero-order chi connectivity index (χ0) is 36.1. The molecule has 0 radical (unpaired) electrons. The van der Waals surface area contributed by atoms with Gasteiger partial charge in [-0.25, -0.2) is 4.79 Å². The van der Waals surface area contributed by atoms with Crippen LogP contribution in [0.2, 0.25) is 5.02 Å². The average Bonchev–Trinajstić information content (AvgIpc) is 3.08. The molecule has 0 aromatic heterocycles. The summed E-state index contributed by atoms with van der Waals surface area (Å²) in [5.41, 5.74) is -0.310. The molecule has 16 nitrogen and oxygen atoms in total. The highest BCUT2D eigenvalue weighted by atomic mass is 35.5. The molecule has 2 amide bonds. The second kappa shape index (κ2) is 18.6. The van der Waals surface area contributed by atoms with Gasteiger partial charge in [0.2, 0.25) is 11.8 Å².